The predicted octanol–water partition coefficient (Wildman–Crippen LogP) is 0.937. The summed E-state index contributed by atoms with van der Waals surface area (Å²) in [6.45, 7) is 1.43. The summed E-state index contributed by atoms with van der Waals surface area (Å²) in [6.07, 6.45) is -0.870. The Balaban J connectivity index is 2.96. The molecular formula is C12H14N2O5S. The molecule has 7 nitrogen and oxygen atoms in total. The average Bonchev–Trinajstić information content (AvgIpc) is 2.46. The molecule has 0 aromatic heterocycles. The molecule has 0 aliphatic rings. The van der Waals surface area contributed by atoms with Gasteiger partial charge in [0.15, 0.2) is 6.10 Å². The van der Waals surface area contributed by atoms with Crippen LogP contribution in [0.25, 0.3) is 0 Å². The van der Waals surface area contributed by atoms with Crippen LogP contribution in [0.2, 0.25) is 0 Å². The summed E-state index contributed by atoms with van der Waals surface area (Å²) in [7, 11) is -1.27. The largest absolute Gasteiger partial charge is 0.444 e. The van der Waals surface area contributed by atoms with Crippen molar-refractivity contribution in [1.82, 2.24) is 4.47 Å². The first-order chi connectivity index (χ1) is 9.32. The Kier molecular flexibility index (Phi) is 5.21. The van der Waals surface area contributed by atoms with Crippen LogP contribution in [0.15, 0.2) is 29.2 Å². The van der Waals surface area contributed by atoms with E-state index >= 15 is 0 Å². The standard InChI is InChI=1S/C12H14N2O5S/c1-9(8-13)19-12(15)10-4-6-11(7-5-10)20(16,17)14(2)18-3/h4-7,9H,1-3H3/t9-/m1/s1. The van der Waals surface area contributed by atoms with Crippen LogP contribution in [0.1, 0.15) is 17.3 Å². The van der Waals surface area contributed by atoms with Gasteiger partial charge in [0.05, 0.1) is 17.6 Å². The van der Waals surface area contributed by atoms with Crippen LogP contribution in [0.4, 0.5) is 0 Å². The number of ether oxygens (including phenoxy) is 1. The summed E-state index contributed by atoms with van der Waals surface area (Å²) in [6, 6.07) is 6.90. The summed E-state index contributed by atoms with van der Waals surface area (Å²) in [5, 5.41) is 8.54. The van der Waals surface area contributed by atoms with Crippen molar-refractivity contribution in [3.05, 3.63) is 29.8 Å². The molecule has 20 heavy (non-hydrogen) atoms. The molecule has 0 fully saturated rings. The smallest absolute Gasteiger partial charge is 0.339 e. The number of hydrogen-bond donors (Lipinski definition) is 0. The second-order valence-corrected chi connectivity index (χ2v) is 5.73. The van der Waals surface area contributed by atoms with Crippen molar-refractivity contribution in [2.45, 2.75) is 17.9 Å². The molecule has 0 saturated carbocycles. The van der Waals surface area contributed by atoms with Crippen molar-refractivity contribution in [2.24, 2.45) is 0 Å². The van der Waals surface area contributed by atoms with Gasteiger partial charge in [0.1, 0.15) is 6.07 Å². The molecule has 0 aliphatic heterocycles. The van der Waals surface area contributed by atoms with Crippen molar-refractivity contribution in [3.8, 4) is 6.07 Å². The number of hydrogen-bond acceptors (Lipinski definition) is 6. The van der Waals surface area contributed by atoms with E-state index in [1.807, 2.05) is 0 Å². The molecule has 0 bridgehead atoms. The maximum absolute atomic E-state index is 11.9. The topological polar surface area (TPSA) is 96.7 Å². The van der Waals surface area contributed by atoms with Gasteiger partial charge >= 0.3 is 5.97 Å². The Morgan fingerprint density at radius 2 is 1.90 bits per heavy atom. The number of carbonyl (C=O) groups excluding carboxylic acids is 1. The molecule has 0 N–H and O–H groups in total. The molecule has 0 unspecified atom stereocenters. The van der Waals surface area contributed by atoms with Gasteiger partial charge in [0, 0.05) is 7.05 Å². The summed E-state index contributed by atoms with van der Waals surface area (Å²) in [4.78, 5) is 16.2. The van der Waals surface area contributed by atoms with Crippen molar-refractivity contribution < 1.29 is 22.8 Å². The van der Waals surface area contributed by atoms with Gasteiger partial charge in [-0.3, -0.25) is 4.84 Å². The minimum Gasteiger partial charge on any atom is -0.444 e. The third kappa shape index (κ3) is 3.54. The maximum Gasteiger partial charge on any atom is 0.339 e. The first kappa shape index (κ1) is 16.1. The molecule has 0 aliphatic carbocycles. The van der Waals surface area contributed by atoms with Crippen molar-refractivity contribution in [2.75, 3.05) is 14.2 Å². The highest BCUT2D eigenvalue weighted by Gasteiger charge is 2.21. The zero-order valence-corrected chi connectivity index (χ0v) is 12.0. The maximum atomic E-state index is 11.9. The van der Waals surface area contributed by atoms with E-state index in [4.69, 9.17) is 10.00 Å². The van der Waals surface area contributed by atoms with Crippen molar-refractivity contribution >= 4 is 16.0 Å². The monoisotopic (exact) mass is 298 g/mol. The highest BCUT2D eigenvalue weighted by atomic mass is 32.2. The predicted molar refractivity (Wildman–Crippen MR) is 68.9 cm³/mol. The minimum absolute atomic E-state index is 0.0215. The summed E-state index contributed by atoms with van der Waals surface area (Å²) >= 11 is 0. The quantitative estimate of drug-likeness (QED) is 0.593. The van der Waals surface area contributed by atoms with E-state index in [9.17, 15) is 13.2 Å². The molecule has 0 amide bonds. The number of nitriles is 1. The molecule has 1 aromatic carbocycles. The number of sulfonamides is 1. The Labute approximate surface area is 117 Å². The Bertz CT molecular complexity index is 618. The molecule has 1 atom stereocenters. The van der Waals surface area contributed by atoms with Gasteiger partial charge < -0.3 is 4.74 Å². The van der Waals surface area contributed by atoms with E-state index in [1.54, 1.807) is 6.07 Å². The van der Waals surface area contributed by atoms with Gasteiger partial charge in [0.2, 0.25) is 0 Å². The highest BCUT2D eigenvalue weighted by molar-refractivity contribution is 7.89. The van der Waals surface area contributed by atoms with Crippen LogP contribution in [0.3, 0.4) is 0 Å². The highest BCUT2D eigenvalue weighted by Crippen LogP contribution is 2.15. The van der Waals surface area contributed by atoms with E-state index in [-0.39, 0.29) is 10.5 Å². The van der Waals surface area contributed by atoms with Crippen molar-refractivity contribution in [1.29, 1.82) is 5.26 Å². The fourth-order valence-corrected chi connectivity index (χ4v) is 2.24. The lowest BCUT2D eigenvalue weighted by atomic mass is 10.2. The van der Waals surface area contributed by atoms with E-state index in [1.165, 1.54) is 45.3 Å². The summed E-state index contributed by atoms with van der Waals surface area (Å²) in [5.74, 6) is -0.692. The molecule has 0 saturated heterocycles. The SMILES string of the molecule is CON(C)S(=O)(=O)c1ccc(C(=O)O[C@H](C)C#N)cc1. The Morgan fingerprint density at radius 1 is 1.35 bits per heavy atom. The van der Waals surface area contributed by atoms with Crippen LogP contribution in [-0.2, 0) is 19.6 Å². The normalized spacial score (nSPS) is 12.8. The lowest BCUT2D eigenvalue weighted by Gasteiger charge is -2.14. The first-order valence-corrected chi connectivity index (χ1v) is 7.00. The van der Waals surface area contributed by atoms with Crippen LogP contribution in [0, 0.1) is 11.3 Å². The third-order valence-corrected chi connectivity index (χ3v) is 4.14. The van der Waals surface area contributed by atoms with E-state index in [2.05, 4.69) is 4.84 Å². The number of rotatable bonds is 5. The van der Waals surface area contributed by atoms with Gasteiger partial charge in [-0.25, -0.2) is 13.2 Å². The van der Waals surface area contributed by atoms with Crippen LogP contribution >= 0.6 is 0 Å². The lowest BCUT2D eigenvalue weighted by Crippen LogP contribution is -2.25. The molecule has 0 radical (unpaired) electrons. The fourth-order valence-electron chi connectivity index (χ4n) is 1.26. The third-order valence-electron chi connectivity index (χ3n) is 2.45. The second-order valence-electron chi connectivity index (χ2n) is 3.80. The average molecular weight is 298 g/mol. The number of hydroxylamine groups is 1. The number of benzene rings is 1. The van der Waals surface area contributed by atoms with E-state index in [0.717, 1.165) is 0 Å². The molecule has 8 heteroatoms. The number of carbonyl (C=O) groups is 1. The van der Waals surface area contributed by atoms with Crippen LogP contribution in [-0.4, -0.2) is 39.1 Å². The lowest BCUT2D eigenvalue weighted by molar-refractivity contribution is -0.0258. The molecule has 1 rings (SSSR count). The van der Waals surface area contributed by atoms with Crippen molar-refractivity contribution in [3.63, 3.8) is 0 Å². The first-order valence-electron chi connectivity index (χ1n) is 5.56. The van der Waals surface area contributed by atoms with Crippen LogP contribution < -0.4 is 0 Å². The van der Waals surface area contributed by atoms with E-state index in [0.29, 0.717) is 4.47 Å². The Morgan fingerprint density at radius 3 is 2.35 bits per heavy atom. The molecule has 0 spiro atoms. The molecule has 1 aromatic rings. The minimum atomic E-state index is -3.75. The zero-order chi connectivity index (χ0) is 15.3. The van der Waals surface area contributed by atoms with E-state index < -0.39 is 22.1 Å². The molecule has 108 valence electrons. The van der Waals surface area contributed by atoms with Gasteiger partial charge in [-0.05, 0) is 31.2 Å². The molecule has 0 heterocycles. The fraction of sp³-hybridized carbons (Fsp3) is 0.333. The Hall–Kier alpha value is -1.95. The number of nitrogens with zero attached hydrogens (tertiary/aromatic N) is 2. The molecular weight excluding hydrogens is 284 g/mol. The van der Waals surface area contributed by atoms with Gasteiger partial charge in [-0.15, -0.1) is 0 Å². The zero-order valence-electron chi connectivity index (χ0n) is 11.2. The van der Waals surface area contributed by atoms with Gasteiger partial charge in [-0.1, -0.05) is 4.47 Å². The van der Waals surface area contributed by atoms with Gasteiger partial charge in [0.25, 0.3) is 10.0 Å². The van der Waals surface area contributed by atoms with Gasteiger partial charge in [-0.2, -0.15) is 5.26 Å². The second kappa shape index (κ2) is 6.47. The van der Waals surface area contributed by atoms with Crippen LogP contribution in [0.5, 0.6) is 0 Å². The summed E-state index contributed by atoms with van der Waals surface area (Å²) < 4.78 is 29.3. The summed E-state index contributed by atoms with van der Waals surface area (Å²) in [5.41, 5.74) is 0.158. The number of esters is 1.